The van der Waals surface area contributed by atoms with Crippen molar-refractivity contribution in [1.82, 2.24) is 15.5 Å². The summed E-state index contributed by atoms with van der Waals surface area (Å²) in [6.45, 7) is 2.69. The Morgan fingerprint density at radius 2 is 2.09 bits per heavy atom. The summed E-state index contributed by atoms with van der Waals surface area (Å²) in [6.07, 6.45) is 3.23. The SMILES string of the molecule is COc1ccccc1[C@H](C)CNC(=O)N[C@@H]1CC[C@H](N(C)C)C1. The van der Waals surface area contributed by atoms with Crippen LogP contribution in [0.1, 0.15) is 37.7 Å². The van der Waals surface area contributed by atoms with E-state index in [0.717, 1.165) is 30.6 Å². The summed E-state index contributed by atoms with van der Waals surface area (Å²) in [4.78, 5) is 14.3. The van der Waals surface area contributed by atoms with E-state index in [1.807, 2.05) is 24.3 Å². The lowest BCUT2D eigenvalue weighted by Gasteiger charge is -2.20. The number of carbonyl (C=O) groups excluding carboxylic acids is 1. The molecular weight excluding hydrogens is 290 g/mol. The predicted molar refractivity (Wildman–Crippen MR) is 93.1 cm³/mol. The fourth-order valence-electron chi connectivity index (χ4n) is 3.22. The second-order valence-corrected chi connectivity index (χ2v) is 6.62. The summed E-state index contributed by atoms with van der Waals surface area (Å²) < 4.78 is 5.38. The van der Waals surface area contributed by atoms with Crippen molar-refractivity contribution in [1.29, 1.82) is 0 Å². The van der Waals surface area contributed by atoms with Crippen molar-refractivity contribution in [3.05, 3.63) is 29.8 Å². The average Bonchev–Trinajstić information content (AvgIpc) is 3.01. The lowest BCUT2D eigenvalue weighted by molar-refractivity contribution is 0.235. The second kappa shape index (κ2) is 8.20. The third kappa shape index (κ3) is 4.86. The fraction of sp³-hybridized carbons (Fsp3) is 0.611. The van der Waals surface area contributed by atoms with Crippen LogP contribution in [0.5, 0.6) is 5.75 Å². The molecule has 0 aromatic heterocycles. The Labute approximate surface area is 139 Å². The van der Waals surface area contributed by atoms with Crippen LogP contribution >= 0.6 is 0 Å². The molecule has 2 rings (SSSR count). The Kier molecular flexibility index (Phi) is 6.28. The summed E-state index contributed by atoms with van der Waals surface area (Å²) in [5.41, 5.74) is 1.11. The summed E-state index contributed by atoms with van der Waals surface area (Å²) >= 11 is 0. The minimum atomic E-state index is -0.0730. The monoisotopic (exact) mass is 319 g/mol. The van der Waals surface area contributed by atoms with Gasteiger partial charge in [-0.2, -0.15) is 0 Å². The van der Waals surface area contributed by atoms with Gasteiger partial charge in [0.15, 0.2) is 0 Å². The molecule has 0 heterocycles. The number of ether oxygens (including phenoxy) is 1. The van der Waals surface area contributed by atoms with E-state index < -0.39 is 0 Å². The zero-order valence-electron chi connectivity index (χ0n) is 14.6. The molecule has 1 saturated carbocycles. The number of rotatable bonds is 6. The van der Waals surface area contributed by atoms with Gasteiger partial charge in [0.25, 0.3) is 0 Å². The Morgan fingerprint density at radius 3 is 2.74 bits per heavy atom. The van der Waals surface area contributed by atoms with Crippen LogP contribution in [0.25, 0.3) is 0 Å². The van der Waals surface area contributed by atoms with Crippen molar-refractivity contribution in [2.45, 2.75) is 44.2 Å². The van der Waals surface area contributed by atoms with Gasteiger partial charge in [0.1, 0.15) is 5.75 Å². The van der Waals surface area contributed by atoms with E-state index in [1.54, 1.807) is 7.11 Å². The molecule has 5 heteroatoms. The van der Waals surface area contributed by atoms with Crippen LogP contribution in [0, 0.1) is 0 Å². The average molecular weight is 319 g/mol. The third-order valence-corrected chi connectivity index (χ3v) is 4.71. The number of urea groups is 1. The number of nitrogens with zero attached hydrogens (tertiary/aromatic N) is 1. The predicted octanol–water partition coefficient (Wildman–Crippen LogP) is 2.58. The molecule has 23 heavy (non-hydrogen) atoms. The molecule has 1 aromatic carbocycles. The van der Waals surface area contributed by atoms with Crippen molar-refractivity contribution in [3.63, 3.8) is 0 Å². The van der Waals surface area contributed by atoms with Gasteiger partial charge in [-0.3, -0.25) is 0 Å². The largest absolute Gasteiger partial charge is 0.496 e. The molecule has 128 valence electrons. The highest BCUT2D eigenvalue weighted by Crippen LogP contribution is 2.25. The molecule has 1 aliphatic carbocycles. The van der Waals surface area contributed by atoms with Crippen LogP contribution < -0.4 is 15.4 Å². The summed E-state index contributed by atoms with van der Waals surface area (Å²) in [6, 6.07) is 8.73. The van der Waals surface area contributed by atoms with Gasteiger partial charge in [-0.25, -0.2) is 4.79 Å². The van der Waals surface area contributed by atoms with Crippen molar-refractivity contribution in [2.24, 2.45) is 0 Å². The molecule has 2 N–H and O–H groups in total. The van der Waals surface area contributed by atoms with Crippen molar-refractivity contribution in [3.8, 4) is 5.75 Å². The Bertz CT molecular complexity index is 519. The standard InChI is InChI=1S/C18H29N3O2/c1-13(16-7-5-6-8-17(16)23-4)12-19-18(22)20-14-9-10-15(11-14)21(2)3/h5-8,13-15H,9-12H2,1-4H3,(H2,19,20,22)/t13-,14-,15+/m1/s1. The van der Waals surface area contributed by atoms with Crippen molar-refractivity contribution < 1.29 is 9.53 Å². The van der Waals surface area contributed by atoms with Crippen molar-refractivity contribution >= 4 is 6.03 Å². The number of carbonyl (C=O) groups is 1. The van der Waals surface area contributed by atoms with Gasteiger partial charge in [-0.15, -0.1) is 0 Å². The number of hydrogen-bond donors (Lipinski definition) is 2. The molecule has 0 saturated heterocycles. The molecule has 0 radical (unpaired) electrons. The van der Waals surface area contributed by atoms with Crippen LogP contribution in [0.3, 0.4) is 0 Å². The second-order valence-electron chi connectivity index (χ2n) is 6.62. The quantitative estimate of drug-likeness (QED) is 0.847. The first-order chi connectivity index (χ1) is 11.0. The summed E-state index contributed by atoms with van der Waals surface area (Å²) in [5, 5.41) is 6.08. The maximum atomic E-state index is 12.1. The Hall–Kier alpha value is -1.75. The molecule has 2 amide bonds. The van der Waals surface area contributed by atoms with E-state index in [4.69, 9.17) is 4.74 Å². The van der Waals surface area contributed by atoms with Crippen LogP contribution in [0.2, 0.25) is 0 Å². The van der Waals surface area contributed by atoms with E-state index >= 15 is 0 Å². The van der Waals surface area contributed by atoms with Crippen molar-refractivity contribution in [2.75, 3.05) is 27.7 Å². The highest BCUT2D eigenvalue weighted by Gasteiger charge is 2.27. The van der Waals surface area contributed by atoms with E-state index in [9.17, 15) is 4.79 Å². The molecule has 0 spiro atoms. The molecule has 5 nitrogen and oxygen atoms in total. The summed E-state index contributed by atoms with van der Waals surface area (Å²) in [5.74, 6) is 1.07. The first kappa shape index (κ1) is 17.6. The zero-order valence-corrected chi connectivity index (χ0v) is 14.6. The molecule has 0 aliphatic heterocycles. The van der Waals surface area contributed by atoms with Crippen LogP contribution in [0.15, 0.2) is 24.3 Å². The molecule has 1 fully saturated rings. The van der Waals surface area contributed by atoms with E-state index in [2.05, 4.69) is 36.6 Å². The number of benzene rings is 1. The van der Waals surface area contributed by atoms with Crippen LogP contribution in [0.4, 0.5) is 4.79 Å². The van der Waals surface area contributed by atoms with Crippen LogP contribution in [-0.2, 0) is 0 Å². The molecule has 0 unspecified atom stereocenters. The van der Waals surface area contributed by atoms with Gasteiger partial charge in [0.05, 0.1) is 7.11 Å². The number of nitrogens with one attached hydrogen (secondary N) is 2. The molecule has 1 aromatic rings. The minimum absolute atomic E-state index is 0.0730. The number of methoxy groups -OCH3 is 1. The van der Waals surface area contributed by atoms with Gasteiger partial charge < -0.3 is 20.3 Å². The van der Waals surface area contributed by atoms with E-state index in [1.165, 1.54) is 0 Å². The third-order valence-electron chi connectivity index (χ3n) is 4.71. The maximum Gasteiger partial charge on any atom is 0.315 e. The molecule has 3 atom stereocenters. The molecular formula is C18H29N3O2. The number of amides is 2. The van der Waals surface area contributed by atoms with Gasteiger partial charge in [0.2, 0.25) is 0 Å². The normalized spacial score (nSPS) is 22.0. The Balaban J connectivity index is 1.78. The van der Waals surface area contributed by atoms with Gasteiger partial charge >= 0.3 is 6.03 Å². The highest BCUT2D eigenvalue weighted by molar-refractivity contribution is 5.74. The van der Waals surface area contributed by atoms with E-state index in [0.29, 0.717) is 12.6 Å². The maximum absolute atomic E-state index is 12.1. The number of para-hydroxylation sites is 1. The first-order valence-corrected chi connectivity index (χ1v) is 8.35. The summed E-state index contributed by atoms with van der Waals surface area (Å²) in [7, 11) is 5.87. The highest BCUT2D eigenvalue weighted by atomic mass is 16.5. The minimum Gasteiger partial charge on any atom is -0.496 e. The molecule has 1 aliphatic rings. The zero-order chi connectivity index (χ0) is 16.8. The smallest absolute Gasteiger partial charge is 0.315 e. The molecule has 0 bridgehead atoms. The topological polar surface area (TPSA) is 53.6 Å². The Morgan fingerprint density at radius 1 is 1.35 bits per heavy atom. The van der Waals surface area contributed by atoms with Gasteiger partial charge in [-0.1, -0.05) is 25.1 Å². The van der Waals surface area contributed by atoms with Crippen LogP contribution in [-0.4, -0.2) is 50.8 Å². The lowest BCUT2D eigenvalue weighted by atomic mass is 10.0. The number of hydrogen-bond acceptors (Lipinski definition) is 3. The fourth-order valence-corrected chi connectivity index (χ4v) is 3.22. The lowest BCUT2D eigenvalue weighted by Crippen LogP contribution is -2.42. The van der Waals surface area contributed by atoms with E-state index in [-0.39, 0.29) is 18.0 Å². The first-order valence-electron chi connectivity index (χ1n) is 8.35. The van der Waals surface area contributed by atoms with Gasteiger partial charge in [0, 0.05) is 24.5 Å². The van der Waals surface area contributed by atoms with Gasteiger partial charge in [-0.05, 0) is 45.0 Å².